The lowest BCUT2D eigenvalue weighted by molar-refractivity contribution is 0.880. The Morgan fingerprint density at radius 1 is 1.33 bits per heavy atom. The lowest BCUT2D eigenvalue weighted by Crippen LogP contribution is -2.22. The number of rotatable bonds is 2. The number of thioether (sulfide) groups is 1. The van der Waals surface area contributed by atoms with E-state index in [0.29, 0.717) is 0 Å². The van der Waals surface area contributed by atoms with Crippen molar-refractivity contribution in [3.8, 4) is 0 Å². The zero-order valence-corrected chi connectivity index (χ0v) is 9.81. The van der Waals surface area contributed by atoms with Crippen LogP contribution >= 0.6 is 11.8 Å². The number of aryl methyl sites for hydroxylation is 1. The molecule has 0 saturated heterocycles. The van der Waals surface area contributed by atoms with E-state index in [9.17, 15) is 0 Å². The van der Waals surface area contributed by atoms with Crippen LogP contribution < -0.4 is 5.32 Å². The zero-order valence-electron chi connectivity index (χ0n) is 8.99. The molecular formula is C12H16N2S. The Balaban J connectivity index is 1.87. The summed E-state index contributed by atoms with van der Waals surface area (Å²) in [6.07, 6.45) is 1.21. The average molecular weight is 220 g/mol. The minimum Gasteiger partial charge on any atom is -0.361 e. The summed E-state index contributed by atoms with van der Waals surface area (Å²) in [6, 6.07) is 8.62. The molecule has 1 aliphatic rings. The van der Waals surface area contributed by atoms with Crippen molar-refractivity contribution in [3.05, 3.63) is 35.4 Å². The average Bonchev–Trinajstić information content (AvgIpc) is 2.30. The molecule has 0 fully saturated rings. The van der Waals surface area contributed by atoms with Gasteiger partial charge >= 0.3 is 0 Å². The Bertz CT molecular complexity index is 343. The summed E-state index contributed by atoms with van der Waals surface area (Å²) in [4.78, 5) is 4.43. The molecule has 0 radical (unpaired) electrons. The highest BCUT2D eigenvalue weighted by Crippen LogP contribution is 2.11. The van der Waals surface area contributed by atoms with Gasteiger partial charge in [-0.15, -0.1) is 0 Å². The minimum atomic E-state index is 0.881. The molecule has 1 N–H and O–H groups in total. The number of amidine groups is 1. The summed E-state index contributed by atoms with van der Waals surface area (Å²) in [5.41, 5.74) is 2.62. The van der Waals surface area contributed by atoms with Crippen molar-refractivity contribution in [2.75, 3.05) is 12.3 Å². The predicted octanol–water partition coefficient (Wildman–Crippen LogP) is 2.58. The van der Waals surface area contributed by atoms with E-state index in [-0.39, 0.29) is 0 Å². The molecule has 0 saturated carbocycles. The maximum absolute atomic E-state index is 4.43. The van der Waals surface area contributed by atoms with Crippen LogP contribution in [0.25, 0.3) is 0 Å². The third-order valence-corrected chi connectivity index (χ3v) is 3.40. The number of benzene rings is 1. The fourth-order valence-electron chi connectivity index (χ4n) is 1.45. The highest BCUT2D eigenvalue weighted by atomic mass is 32.2. The molecule has 1 aliphatic heterocycles. The molecule has 80 valence electrons. The molecular weight excluding hydrogens is 204 g/mol. The Morgan fingerprint density at radius 2 is 2.13 bits per heavy atom. The molecule has 0 aliphatic carbocycles. The molecule has 15 heavy (non-hydrogen) atoms. The summed E-state index contributed by atoms with van der Waals surface area (Å²) in [5.74, 6) is 1.19. The van der Waals surface area contributed by atoms with Gasteiger partial charge < -0.3 is 5.32 Å². The summed E-state index contributed by atoms with van der Waals surface area (Å²) in [7, 11) is 0. The summed E-state index contributed by atoms with van der Waals surface area (Å²) in [6.45, 7) is 3.97. The van der Waals surface area contributed by atoms with E-state index >= 15 is 0 Å². The van der Waals surface area contributed by atoms with E-state index in [1.807, 2.05) is 11.8 Å². The van der Waals surface area contributed by atoms with Gasteiger partial charge in [0.1, 0.15) is 0 Å². The van der Waals surface area contributed by atoms with Gasteiger partial charge in [0, 0.05) is 18.8 Å². The number of nitrogens with one attached hydrogen (secondary N) is 1. The first-order valence-electron chi connectivity index (χ1n) is 5.31. The van der Waals surface area contributed by atoms with Crippen LogP contribution in [0, 0.1) is 6.92 Å². The van der Waals surface area contributed by atoms with E-state index in [2.05, 4.69) is 41.5 Å². The third kappa shape index (κ3) is 3.27. The van der Waals surface area contributed by atoms with Gasteiger partial charge in [-0.1, -0.05) is 41.6 Å². The van der Waals surface area contributed by atoms with Crippen molar-refractivity contribution in [2.24, 2.45) is 4.99 Å². The van der Waals surface area contributed by atoms with Gasteiger partial charge in [0.05, 0.1) is 0 Å². The van der Waals surface area contributed by atoms with Crippen molar-refractivity contribution >= 4 is 16.9 Å². The van der Waals surface area contributed by atoms with E-state index in [1.54, 1.807) is 0 Å². The SMILES string of the molecule is Cc1ccc(CNC2=NCCCS2)cc1. The predicted molar refractivity (Wildman–Crippen MR) is 67.4 cm³/mol. The maximum Gasteiger partial charge on any atom is 0.156 e. The molecule has 3 heteroatoms. The largest absolute Gasteiger partial charge is 0.361 e. The minimum absolute atomic E-state index is 0.881. The molecule has 1 heterocycles. The van der Waals surface area contributed by atoms with Gasteiger partial charge in [-0.25, -0.2) is 0 Å². The fraction of sp³-hybridized carbons (Fsp3) is 0.417. The highest BCUT2D eigenvalue weighted by molar-refractivity contribution is 8.13. The zero-order chi connectivity index (χ0) is 10.5. The van der Waals surface area contributed by atoms with Crippen LogP contribution in [0.3, 0.4) is 0 Å². The smallest absolute Gasteiger partial charge is 0.156 e. The van der Waals surface area contributed by atoms with Crippen molar-refractivity contribution < 1.29 is 0 Å². The molecule has 1 aromatic rings. The number of hydrogen-bond acceptors (Lipinski definition) is 3. The second kappa shape index (κ2) is 5.21. The molecule has 0 amide bonds. The Morgan fingerprint density at radius 3 is 2.80 bits per heavy atom. The molecule has 2 rings (SSSR count). The first-order chi connectivity index (χ1) is 7.34. The number of hydrogen-bond donors (Lipinski definition) is 1. The quantitative estimate of drug-likeness (QED) is 0.828. The van der Waals surface area contributed by atoms with Gasteiger partial charge in [0.25, 0.3) is 0 Å². The van der Waals surface area contributed by atoms with Crippen LogP contribution in [-0.4, -0.2) is 17.5 Å². The van der Waals surface area contributed by atoms with Crippen LogP contribution in [-0.2, 0) is 6.54 Å². The molecule has 1 aromatic carbocycles. The lowest BCUT2D eigenvalue weighted by atomic mass is 10.1. The van der Waals surface area contributed by atoms with E-state index < -0.39 is 0 Å². The molecule has 0 spiro atoms. The molecule has 0 aromatic heterocycles. The summed E-state index contributed by atoms with van der Waals surface area (Å²) in [5, 5.41) is 4.47. The fourth-order valence-corrected chi connectivity index (χ4v) is 2.27. The van der Waals surface area contributed by atoms with Crippen LogP contribution in [0.2, 0.25) is 0 Å². The first-order valence-corrected chi connectivity index (χ1v) is 6.30. The monoisotopic (exact) mass is 220 g/mol. The number of nitrogens with zero attached hydrogens (tertiary/aromatic N) is 1. The summed E-state index contributed by atoms with van der Waals surface area (Å²) < 4.78 is 0. The maximum atomic E-state index is 4.43. The number of aliphatic imine (C=N–C) groups is 1. The normalized spacial score (nSPS) is 15.9. The second-order valence-corrected chi connectivity index (χ2v) is 4.81. The Hall–Kier alpha value is -0.960. The van der Waals surface area contributed by atoms with Crippen molar-refractivity contribution in [1.82, 2.24) is 5.32 Å². The van der Waals surface area contributed by atoms with Crippen molar-refractivity contribution in [1.29, 1.82) is 0 Å². The molecule has 0 atom stereocenters. The van der Waals surface area contributed by atoms with Gasteiger partial charge in [-0.3, -0.25) is 4.99 Å². The van der Waals surface area contributed by atoms with Crippen LogP contribution in [0.5, 0.6) is 0 Å². The topological polar surface area (TPSA) is 24.4 Å². The van der Waals surface area contributed by atoms with E-state index in [0.717, 1.165) is 18.3 Å². The molecule has 0 unspecified atom stereocenters. The van der Waals surface area contributed by atoms with Gasteiger partial charge in [-0.05, 0) is 18.9 Å². The van der Waals surface area contributed by atoms with Crippen LogP contribution in [0.1, 0.15) is 17.5 Å². The highest BCUT2D eigenvalue weighted by Gasteiger charge is 2.04. The van der Waals surface area contributed by atoms with Crippen molar-refractivity contribution in [2.45, 2.75) is 19.9 Å². The third-order valence-electron chi connectivity index (χ3n) is 2.36. The van der Waals surface area contributed by atoms with Crippen LogP contribution in [0.15, 0.2) is 29.3 Å². The van der Waals surface area contributed by atoms with Gasteiger partial charge in [0.2, 0.25) is 0 Å². The summed E-state index contributed by atoms with van der Waals surface area (Å²) >= 11 is 1.82. The second-order valence-electron chi connectivity index (χ2n) is 3.73. The van der Waals surface area contributed by atoms with Crippen molar-refractivity contribution in [3.63, 3.8) is 0 Å². The van der Waals surface area contributed by atoms with E-state index in [4.69, 9.17) is 0 Å². The van der Waals surface area contributed by atoms with Gasteiger partial charge in [0.15, 0.2) is 5.17 Å². The van der Waals surface area contributed by atoms with Crippen LogP contribution in [0.4, 0.5) is 0 Å². The Kier molecular flexibility index (Phi) is 3.67. The lowest BCUT2D eigenvalue weighted by Gasteiger charge is -2.13. The Labute approximate surface area is 95.2 Å². The first kappa shape index (κ1) is 10.6. The molecule has 2 nitrogen and oxygen atoms in total. The van der Waals surface area contributed by atoms with E-state index in [1.165, 1.54) is 23.3 Å². The van der Waals surface area contributed by atoms with Gasteiger partial charge in [-0.2, -0.15) is 0 Å². The molecule has 0 bridgehead atoms. The standard InChI is InChI=1S/C12H16N2S/c1-10-3-5-11(6-4-10)9-14-12-13-7-2-8-15-12/h3-6H,2,7-9H2,1H3,(H,13,14).